The number of anilines is 1. The Labute approximate surface area is 115 Å². The summed E-state index contributed by atoms with van der Waals surface area (Å²) in [6.07, 6.45) is 0.541. The number of rotatable bonds is 4. The third-order valence-corrected chi connectivity index (χ3v) is 2.89. The molecule has 0 radical (unpaired) electrons. The molecule has 0 saturated carbocycles. The van der Waals surface area contributed by atoms with E-state index in [2.05, 4.69) is 10.6 Å². The lowest BCUT2D eigenvalue weighted by Gasteiger charge is -2.13. The van der Waals surface area contributed by atoms with Gasteiger partial charge in [-0.2, -0.15) is 0 Å². The first kappa shape index (κ1) is 14.1. The molecule has 1 aliphatic rings. The predicted molar refractivity (Wildman–Crippen MR) is 70.5 cm³/mol. The summed E-state index contributed by atoms with van der Waals surface area (Å²) in [6.45, 7) is 1.73. The van der Waals surface area contributed by atoms with Gasteiger partial charge in [-0.3, -0.25) is 9.59 Å². The van der Waals surface area contributed by atoms with E-state index in [-0.39, 0.29) is 13.4 Å². The SMILES string of the molecule is CCC(CO)NC(=O)C(=O)Nc1ccc2c(c1)OCO2. The molecule has 0 aliphatic carbocycles. The van der Waals surface area contributed by atoms with Crippen molar-refractivity contribution in [3.05, 3.63) is 18.2 Å². The van der Waals surface area contributed by atoms with E-state index in [1.165, 1.54) is 0 Å². The normalized spacial score (nSPS) is 13.7. The highest BCUT2D eigenvalue weighted by Gasteiger charge is 2.19. The molecule has 1 heterocycles. The minimum Gasteiger partial charge on any atom is -0.454 e. The molecular weight excluding hydrogens is 264 g/mol. The molecular formula is C13H16N2O5. The highest BCUT2D eigenvalue weighted by atomic mass is 16.7. The summed E-state index contributed by atoms with van der Waals surface area (Å²) < 4.78 is 10.3. The summed E-state index contributed by atoms with van der Waals surface area (Å²) in [5.41, 5.74) is 0.437. The van der Waals surface area contributed by atoms with Crippen molar-refractivity contribution in [1.29, 1.82) is 0 Å². The van der Waals surface area contributed by atoms with Crippen LogP contribution in [0, 0.1) is 0 Å². The maximum absolute atomic E-state index is 11.7. The molecule has 1 aromatic carbocycles. The first-order chi connectivity index (χ1) is 9.63. The Morgan fingerprint density at radius 2 is 2.05 bits per heavy atom. The minimum absolute atomic E-state index is 0.141. The summed E-state index contributed by atoms with van der Waals surface area (Å²) in [6, 6.07) is 4.42. The Kier molecular flexibility index (Phi) is 4.41. The molecule has 0 saturated heterocycles. The minimum atomic E-state index is -0.796. The van der Waals surface area contributed by atoms with Gasteiger partial charge in [0.2, 0.25) is 6.79 Å². The molecule has 1 unspecified atom stereocenters. The van der Waals surface area contributed by atoms with Gasteiger partial charge >= 0.3 is 11.8 Å². The number of hydrogen-bond donors (Lipinski definition) is 3. The van der Waals surface area contributed by atoms with Gasteiger partial charge in [0, 0.05) is 11.8 Å². The molecule has 2 amide bonds. The van der Waals surface area contributed by atoms with Crippen molar-refractivity contribution >= 4 is 17.5 Å². The van der Waals surface area contributed by atoms with Crippen molar-refractivity contribution in [2.75, 3.05) is 18.7 Å². The molecule has 108 valence electrons. The highest BCUT2D eigenvalue weighted by Crippen LogP contribution is 2.34. The number of ether oxygens (including phenoxy) is 2. The van der Waals surface area contributed by atoms with Crippen molar-refractivity contribution in [1.82, 2.24) is 5.32 Å². The second-order valence-corrected chi connectivity index (χ2v) is 4.28. The number of carbonyl (C=O) groups is 2. The third kappa shape index (κ3) is 3.18. The quantitative estimate of drug-likeness (QED) is 0.686. The molecule has 3 N–H and O–H groups in total. The Bertz CT molecular complexity index is 513. The van der Waals surface area contributed by atoms with Crippen molar-refractivity contribution in [2.24, 2.45) is 0 Å². The molecule has 1 atom stereocenters. The molecule has 20 heavy (non-hydrogen) atoms. The molecule has 1 aromatic rings. The zero-order valence-corrected chi connectivity index (χ0v) is 11.0. The lowest BCUT2D eigenvalue weighted by Crippen LogP contribution is -2.43. The summed E-state index contributed by atoms with van der Waals surface area (Å²) in [4.78, 5) is 23.3. The fraction of sp³-hybridized carbons (Fsp3) is 0.385. The fourth-order valence-corrected chi connectivity index (χ4v) is 1.69. The molecule has 0 fully saturated rings. The first-order valence-electron chi connectivity index (χ1n) is 6.26. The fourth-order valence-electron chi connectivity index (χ4n) is 1.69. The zero-order valence-electron chi connectivity index (χ0n) is 11.0. The van der Waals surface area contributed by atoms with Gasteiger partial charge in [0.25, 0.3) is 0 Å². The molecule has 1 aliphatic heterocycles. The summed E-state index contributed by atoms with van der Waals surface area (Å²) in [7, 11) is 0. The topological polar surface area (TPSA) is 96.9 Å². The Hall–Kier alpha value is -2.28. The number of carbonyl (C=O) groups excluding carboxylic acids is 2. The second-order valence-electron chi connectivity index (χ2n) is 4.28. The van der Waals surface area contributed by atoms with Crippen molar-refractivity contribution in [3.8, 4) is 11.5 Å². The van der Waals surface area contributed by atoms with Crippen molar-refractivity contribution in [3.63, 3.8) is 0 Å². The Morgan fingerprint density at radius 3 is 2.75 bits per heavy atom. The van der Waals surface area contributed by atoms with Gasteiger partial charge in [-0.15, -0.1) is 0 Å². The van der Waals surface area contributed by atoms with Gasteiger partial charge in [-0.1, -0.05) is 6.92 Å². The van der Waals surface area contributed by atoms with Crippen LogP contribution in [0.4, 0.5) is 5.69 Å². The smallest absolute Gasteiger partial charge is 0.313 e. The largest absolute Gasteiger partial charge is 0.454 e. The van der Waals surface area contributed by atoms with Crippen LogP contribution >= 0.6 is 0 Å². The number of aliphatic hydroxyl groups is 1. The first-order valence-corrected chi connectivity index (χ1v) is 6.26. The van der Waals surface area contributed by atoms with Gasteiger partial charge in [-0.25, -0.2) is 0 Å². The number of aliphatic hydroxyl groups excluding tert-OH is 1. The predicted octanol–water partition coefficient (Wildman–Crippen LogP) is 0.241. The van der Waals surface area contributed by atoms with Crippen LogP contribution in [0.25, 0.3) is 0 Å². The summed E-state index contributed by atoms with van der Waals surface area (Å²) in [5.74, 6) is -0.469. The van der Waals surface area contributed by atoms with E-state index in [1.807, 2.05) is 0 Å². The summed E-state index contributed by atoms with van der Waals surface area (Å²) in [5, 5.41) is 13.9. The van der Waals surface area contributed by atoms with Crippen LogP contribution in [0.3, 0.4) is 0 Å². The number of nitrogens with one attached hydrogen (secondary N) is 2. The summed E-state index contributed by atoms with van der Waals surface area (Å²) >= 11 is 0. The average Bonchev–Trinajstić information content (AvgIpc) is 2.91. The number of benzene rings is 1. The van der Waals surface area contributed by atoms with Crippen LogP contribution < -0.4 is 20.1 Å². The van der Waals surface area contributed by atoms with Gasteiger partial charge in [0.05, 0.1) is 12.6 Å². The Morgan fingerprint density at radius 1 is 1.30 bits per heavy atom. The van der Waals surface area contributed by atoms with E-state index in [9.17, 15) is 9.59 Å². The van der Waals surface area contributed by atoms with E-state index in [4.69, 9.17) is 14.6 Å². The van der Waals surface area contributed by atoms with E-state index in [1.54, 1.807) is 25.1 Å². The third-order valence-electron chi connectivity index (χ3n) is 2.89. The standard InChI is InChI=1S/C13H16N2O5/c1-2-8(6-16)14-12(17)13(18)15-9-3-4-10-11(5-9)20-7-19-10/h3-5,8,16H,2,6-7H2,1H3,(H,14,17)(H,15,18). The molecule has 0 aromatic heterocycles. The maximum atomic E-state index is 11.7. The molecule has 0 bridgehead atoms. The number of amides is 2. The lowest BCUT2D eigenvalue weighted by molar-refractivity contribution is -0.136. The van der Waals surface area contributed by atoms with E-state index >= 15 is 0 Å². The van der Waals surface area contributed by atoms with Crippen LogP contribution in [0.1, 0.15) is 13.3 Å². The van der Waals surface area contributed by atoms with Crippen LogP contribution in [0.15, 0.2) is 18.2 Å². The Balaban J connectivity index is 1.95. The van der Waals surface area contributed by atoms with Crippen molar-refractivity contribution in [2.45, 2.75) is 19.4 Å². The zero-order chi connectivity index (χ0) is 14.5. The molecule has 7 heteroatoms. The van der Waals surface area contributed by atoms with Crippen LogP contribution in [-0.4, -0.2) is 36.4 Å². The van der Waals surface area contributed by atoms with Gasteiger partial charge in [0.15, 0.2) is 11.5 Å². The number of hydrogen-bond acceptors (Lipinski definition) is 5. The highest BCUT2D eigenvalue weighted by molar-refractivity contribution is 6.39. The van der Waals surface area contributed by atoms with Crippen LogP contribution in [0.2, 0.25) is 0 Å². The van der Waals surface area contributed by atoms with Gasteiger partial charge < -0.3 is 25.2 Å². The molecule has 0 spiro atoms. The average molecular weight is 280 g/mol. The van der Waals surface area contributed by atoms with E-state index in [0.29, 0.717) is 23.6 Å². The van der Waals surface area contributed by atoms with E-state index < -0.39 is 17.9 Å². The second kappa shape index (κ2) is 6.25. The number of fused-ring (bicyclic) bond motifs is 1. The molecule has 7 nitrogen and oxygen atoms in total. The molecule has 2 rings (SSSR count). The van der Waals surface area contributed by atoms with Crippen molar-refractivity contribution < 1.29 is 24.2 Å². The lowest BCUT2D eigenvalue weighted by atomic mass is 10.2. The monoisotopic (exact) mass is 280 g/mol. The van der Waals surface area contributed by atoms with Crippen LogP contribution in [-0.2, 0) is 9.59 Å². The van der Waals surface area contributed by atoms with Gasteiger partial charge in [0.1, 0.15) is 0 Å². The van der Waals surface area contributed by atoms with Crippen LogP contribution in [0.5, 0.6) is 11.5 Å². The van der Waals surface area contributed by atoms with E-state index in [0.717, 1.165) is 0 Å². The van der Waals surface area contributed by atoms with Gasteiger partial charge in [-0.05, 0) is 18.6 Å². The maximum Gasteiger partial charge on any atom is 0.313 e.